The third-order valence-electron chi connectivity index (χ3n) is 2.30. The lowest BCUT2D eigenvalue weighted by Crippen LogP contribution is -1.99. The molecule has 0 heterocycles. The lowest BCUT2D eigenvalue weighted by Gasteiger charge is -2.08. The second kappa shape index (κ2) is 5.94. The van der Waals surface area contributed by atoms with E-state index in [0.29, 0.717) is 11.5 Å². The molecule has 0 unspecified atom stereocenters. The molecule has 0 aromatic heterocycles. The summed E-state index contributed by atoms with van der Waals surface area (Å²) in [6, 6.07) is 5.35. The number of hydrogen-bond acceptors (Lipinski definition) is 2. The van der Waals surface area contributed by atoms with Crippen LogP contribution in [0.3, 0.4) is 0 Å². The molecule has 1 aromatic rings. The third-order valence-corrected chi connectivity index (χ3v) is 3.72. The van der Waals surface area contributed by atoms with Crippen molar-refractivity contribution in [1.29, 1.82) is 0 Å². The van der Waals surface area contributed by atoms with Crippen molar-refractivity contribution >= 4 is 17.7 Å². The summed E-state index contributed by atoms with van der Waals surface area (Å²) in [7, 11) is 0. The number of hydrogen-bond donors (Lipinski definition) is 1. The Morgan fingerprint density at radius 2 is 2.12 bits per heavy atom. The van der Waals surface area contributed by atoms with E-state index < -0.39 is 5.97 Å². The first-order valence-electron chi connectivity index (χ1n) is 5.41. The number of carbonyl (C=O) groups is 1. The number of rotatable bonds is 5. The molecule has 0 amide bonds. The third kappa shape index (κ3) is 3.89. The zero-order valence-electron chi connectivity index (χ0n) is 9.99. The van der Waals surface area contributed by atoms with Crippen LogP contribution in [-0.2, 0) is 5.75 Å². The maximum atomic E-state index is 10.8. The normalized spacial score (nSPS) is 10.8. The van der Waals surface area contributed by atoms with Gasteiger partial charge in [0.15, 0.2) is 0 Å². The van der Waals surface area contributed by atoms with Gasteiger partial charge >= 0.3 is 5.97 Å². The molecule has 88 valence electrons. The summed E-state index contributed by atoms with van der Waals surface area (Å²) in [4.78, 5) is 10.8. The highest BCUT2D eigenvalue weighted by atomic mass is 32.2. The van der Waals surface area contributed by atoms with E-state index in [0.717, 1.165) is 17.1 Å². The van der Waals surface area contributed by atoms with Crippen LogP contribution in [0.25, 0.3) is 0 Å². The predicted molar refractivity (Wildman–Crippen MR) is 69.1 cm³/mol. The van der Waals surface area contributed by atoms with Gasteiger partial charge < -0.3 is 5.11 Å². The Morgan fingerprint density at radius 1 is 1.44 bits per heavy atom. The van der Waals surface area contributed by atoms with Crippen molar-refractivity contribution in [3.8, 4) is 0 Å². The van der Waals surface area contributed by atoms with Crippen molar-refractivity contribution in [2.45, 2.75) is 26.5 Å². The van der Waals surface area contributed by atoms with Crippen molar-refractivity contribution in [2.75, 3.05) is 5.75 Å². The summed E-state index contributed by atoms with van der Waals surface area (Å²) >= 11 is 1.90. The molecule has 1 aromatic carbocycles. The van der Waals surface area contributed by atoms with E-state index >= 15 is 0 Å². The molecule has 2 nitrogen and oxygen atoms in total. The molecule has 0 saturated heterocycles. The van der Waals surface area contributed by atoms with Gasteiger partial charge in [0.05, 0.1) is 5.56 Å². The molecule has 16 heavy (non-hydrogen) atoms. The number of thioether (sulfide) groups is 1. The van der Waals surface area contributed by atoms with Crippen LogP contribution in [0.4, 0.5) is 0 Å². The molecule has 0 bridgehead atoms. The van der Waals surface area contributed by atoms with Gasteiger partial charge in [-0.05, 0) is 41.9 Å². The molecule has 3 heteroatoms. The van der Waals surface area contributed by atoms with E-state index in [-0.39, 0.29) is 0 Å². The first-order valence-corrected chi connectivity index (χ1v) is 6.56. The van der Waals surface area contributed by atoms with Crippen molar-refractivity contribution in [3.63, 3.8) is 0 Å². The molecule has 0 saturated carbocycles. The Morgan fingerprint density at radius 3 is 2.62 bits per heavy atom. The monoisotopic (exact) mass is 238 g/mol. The van der Waals surface area contributed by atoms with Crippen LogP contribution < -0.4 is 0 Å². The number of benzene rings is 1. The highest BCUT2D eigenvalue weighted by Crippen LogP contribution is 2.19. The van der Waals surface area contributed by atoms with Crippen molar-refractivity contribution < 1.29 is 9.90 Å². The van der Waals surface area contributed by atoms with Crippen molar-refractivity contribution in [3.05, 3.63) is 34.9 Å². The molecule has 0 aliphatic heterocycles. The van der Waals surface area contributed by atoms with E-state index in [2.05, 4.69) is 13.8 Å². The average molecular weight is 238 g/mol. The second-order valence-corrected chi connectivity index (χ2v) is 5.39. The van der Waals surface area contributed by atoms with Gasteiger partial charge in [-0.1, -0.05) is 19.9 Å². The van der Waals surface area contributed by atoms with Gasteiger partial charge in [-0.25, -0.2) is 4.79 Å². The quantitative estimate of drug-likeness (QED) is 0.852. The van der Waals surface area contributed by atoms with Crippen molar-refractivity contribution in [1.82, 2.24) is 0 Å². The van der Waals surface area contributed by atoms with Crippen LogP contribution in [0.1, 0.15) is 35.3 Å². The van der Waals surface area contributed by atoms with Crippen molar-refractivity contribution in [2.24, 2.45) is 5.92 Å². The highest BCUT2D eigenvalue weighted by Gasteiger charge is 2.05. The van der Waals surface area contributed by atoms with E-state index in [1.54, 1.807) is 12.1 Å². The largest absolute Gasteiger partial charge is 0.478 e. The van der Waals surface area contributed by atoms with Crippen LogP contribution in [0.2, 0.25) is 0 Å². The fourth-order valence-corrected chi connectivity index (χ4v) is 2.53. The summed E-state index contributed by atoms with van der Waals surface area (Å²) in [5, 5.41) is 8.84. The maximum absolute atomic E-state index is 10.8. The standard InChI is InChI=1S/C13H18O2S/c1-9(2)7-16-8-12-5-4-11(13(14)15)6-10(12)3/h4-6,9H,7-8H2,1-3H3,(H,14,15). The molecule has 0 fully saturated rings. The number of aryl methyl sites for hydroxylation is 1. The molecule has 1 rings (SSSR count). The summed E-state index contributed by atoms with van der Waals surface area (Å²) in [5.41, 5.74) is 2.67. The van der Waals surface area contributed by atoms with Gasteiger partial charge in [0, 0.05) is 5.75 Å². The number of aromatic carboxylic acids is 1. The summed E-state index contributed by atoms with van der Waals surface area (Å²) in [5.74, 6) is 1.94. The molecule has 0 aliphatic carbocycles. The van der Waals surface area contributed by atoms with E-state index in [9.17, 15) is 4.79 Å². The van der Waals surface area contributed by atoms with Crippen LogP contribution in [0.5, 0.6) is 0 Å². The molecule has 0 atom stereocenters. The Bertz CT molecular complexity index is 372. The second-order valence-electron chi connectivity index (χ2n) is 4.36. The minimum absolute atomic E-state index is 0.370. The fraction of sp³-hybridized carbons (Fsp3) is 0.462. The Kier molecular flexibility index (Phi) is 4.87. The summed E-state index contributed by atoms with van der Waals surface area (Å²) in [6.07, 6.45) is 0. The zero-order chi connectivity index (χ0) is 12.1. The first-order chi connectivity index (χ1) is 7.50. The zero-order valence-corrected chi connectivity index (χ0v) is 10.8. The van der Waals surface area contributed by atoms with Gasteiger partial charge in [0.1, 0.15) is 0 Å². The van der Waals surface area contributed by atoms with Crippen LogP contribution >= 0.6 is 11.8 Å². The minimum atomic E-state index is -0.857. The van der Waals surface area contributed by atoms with Crippen LogP contribution in [0.15, 0.2) is 18.2 Å². The molecule has 0 radical (unpaired) electrons. The lowest BCUT2D eigenvalue weighted by molar-refractivity contribution is 0.0697. The Hall–Kier alpha value is -0.960. The molecule has 1 N–H and O–H groups in total. The van der Waals surface area contributed by atoms with E-state index in [1.165, 1.54) is 5.56 Å². The van der Waals surface area contributed by atoms with Gasteiger partial charge in [0.25, 0.3) is 0 Å². The van der Waals surface area contributed by atoms with Gasteiger partial charge in [0.2, 0.25) is 0 Å². The molecule has 0 aliphatic rings. The van der Waals surface area contributed by atoms with Gasteiger partial charge in [-0.15, -0.1) is 0 Å². The molecular formula is C13H18O2S. The first kappa shape index (κ1) is 13.1. The van der Waals surface area contributed by atoms with Crippen LogP contribution in [-0.4, -0.2) is 16.8 Å². The minimum Gasteiger partial charge on any atom is -0.478 e. The van der Waals surface area contributed by atoms with E-state index in [1.807, 2.05) is 24.8 Å². The van der Waals surface area contributed by atoms with Gasteiger partial charge in [-0.2, -0.15) is 11.8 Å². The lowest BCUT2D eigenvalue weighted by atomic mass is 10.1. The van der Waals surface area contributed by atoms with Gasteiger partial charge in [-0.3, -0.25) is 0 Å². The smallest absolute Gasteiger partial charge is 0.335 e. The van der Waals surface area contributed by atoms with E-state index in [4.69, 9.17) is 5.11 Å². The van der Waals surface area contributed by atoms with Crippen LogP contribution in [0, 0.1) is 12.8 Å². The summed E-state index contributed by atoms with van der Waals surface area (Å²) < 4.78 is 0. The number of carboxylic acid groups (broad SMARTS) is 1. The number of carboxylic acids is 1. The molecule has 0 spiro atoms. The SMILES string of the molecule is Cc1cc(C(=O)O)ccc1CSCC(C)C. The Balaban J connectivity index is 2.64. The summed E-state index contributed by atoms with van der Waals surface area (Å²) in [6.45, 7) is 6.37. The molecular weight excluding hydrogens is 220 g/mol. The highest BCUT2D eigenvalue weighted by molar-refractivity contribution is 7.98. The topological polar surface area (TPSA) is 37.3 Å². The predicted octanol–water partition coefficient (Wildman–Crippen LogP) is 3.58. The average Bonchev–Trinajstić information content (AvgIpc) is 2.19. The maximum Gasteiger partial charge on any atom is 0.335 e. The fourth-order valence-electron chi connectivity index (χ4n) is 1.40. The Labute approximate surface area is 101 Å².